The number of pyridine rings is 2. The van der Waals surface area contributed by atoms with Crippen LogP contribution in [0.1, 0.15) is 46.0 Å². The molecule has 2 N–H and O–H groups in total. The lowest BCUT2D eigenvalue weighted by molar-refractivity contribution is -0.385. The maximum absolute atomic E-state index is 11.2. The van der Waals surface area contributed by atoms with Crippen LogP contribution < -0.4 is 5.73 Å². The minimum absolute atomic E-state index is 0.0381. The van der Waals surface area contributed by atoms with Gasteiger partial charge in [0.25, 0.3) is 0 Å². The number of nitrogens with zero attached hydrogens (tertiary/aromatic N) is 3. The molecule has 0 bridgehead atoms. The predicted octanol–water partition coefficient (Wildman–Crippen LogP) is 4.52. The molecule has 2 heterocycles. The van der Waals surface area contributed by atoms with E-state index in [1.54, 1.807) is 6.07 Å². The van der Waals surface area contributed by atoms with Crippen LogP contribution in [0, 0.1) is 33.0 Å². The van der Waals surface area contributed by atoms with Gasteiger partial charge in [0.1, 0.15) is 21.8 Å². The maximum Gasteiger partial charge on any atom is 0.304 e. The zero-order valence-corrected chi connectivity index (χ0v) is 22.9. The van der Waals surface area contributed by atoms with E-state index in [0.29, 0.717) is 16.9 Å². The molecule has 0 saturated carbocycles. The summed E-state index contributed by atoms with van der Waals surface area (Å²) >= 11 is 0. The summed E-state index contributed by atoms with van der Waals surface area (Å²) in [4.78, 5) is 40.6. The number of hydrogen-bond donors (Lipinski definition) is 1. The first-order valence-corrected chi connectivity index (χ1v) is 17.5. The molecule has 0 fully saturated rings. The van der Waals surface area contributed by atoms with Crippen molar-refractivity contribution in [1.82, 2.24) is 9.97 Å². The molecule has 0 radical (unpaired) electrons. The molecule has 0 amide bonds. The second-order valence-electron chi connectivity index (χ2n) is 9.62. The highest BCUT2D eigenvalue weighted by atomic mass is 28.3. The van der Waals surface area contributed by atoms with Crippen LogP contribution in [0.2, 0.25) is 39.3 Å². The fourth-order valence-electron chi connectivity index (χ4n) is 2.15. The number of nitrogens with two attached hydrogens (primary N) is 1. The Labute approximate surface area is 202 Å². The lowest BCUT2D eigenvalue weighted by Crippen LogP contribution is -2.16. The summed E-state index contributed by atoms with van der Waals surface area (Å²) in [5.74, 6) is 5.44. The summed E-state index contributed by atoms with van der Waals surface area (Å²) in [6.07, 6.45) is 2.84. The van der Waals surface area contributed by atoms with Gasteiger partial charge in [-0.1, -0.05) is 45.2 Å². The highest BCUT2D eigenvalue weighted by molar-refractivity contribution is 6.84. The van der Waals surface area contributed by atoms with E-state index >= 15 is 0 Å². The molecule has 0 atom stereocenters. The van der Waals surface area contributed by atoms with Crippen molar-refractivity contribution in [2.75, 3.05) is 5.73 Å². The molecule has 8 nitrogen and oxygen atoms in total. The van der Waals surface area contributed by atoms with Crippen molar-refractivity contribution >= 4 is 39.1 Å². The van der Waals surface area contributed by atoms with Gasteiger partial charge in [0, 0.05) is 29.6 Å². The quantitative estimate of drug-likeness (QED) is 0.218. The Morgan fingerprint density at radius 1 is 0.853 bits per heavy atom. The number of ketones is 2. The highest BCUT2D eigenvalue weighted by Crippen LogP contribution is 2.17. The van der Waals surface area contributed by atoms with Gasteiger partial charge in [0.2, 0.25) is 0 Å². The van der Waals surface area contributed by atoms with Gasteiger partial charge < -0.3 is 5.73 Å². The number of nitro groups is 1. The number of carbonyl (C=O) groups is 2. The summed E-state index contributed by atoms with van der Waals surface area (Å²) < 4.78 is 0. The smallest absolute Gasteiger partial charge is 0.304 e. The van der Waals surface area contributed by atoms with Crippen molar-refractivity contribution in [1.29, 1.82) is 0 Å². The van der Waals surface area contributed by atoms with E-state index in [2.05, 4.69) is 52.5 Å². The number of anilines is 1. The zero-order chi connectivity index (χ0) is 26.3. The molecule has 0 aliphatic carbocycles. The summed E-state index contributed by atoms with van der Waals surface area (Å²) in [7, 11) is -3.05. The summed E-state index contributed by atoms with van der Waals surface area (Å²) in [6.45, 7) is 15.4. The average molecular weight is 495 g/mol. The molecule has 0 aliphatic heterocycles. The van der Waals surface area contributed by atoms with Crippen LogP contribution in [0.4, 0.5) is 11.4 Å². The van der Waals surface area contributed by atoms with Gasteiger partial charge in [-0.25, -0.2) is 9.97 Å². The molecule has 2 aromatic rings. The highest BCUT2D eigenvalue weighted by Gasteiger charge is 2.17. The summed E-state index contributed by atoms with van der Waals surface area (Å²) in [5, 5.41) is 10.9. The largest absolute Gasteiger partial charge is 0.396 e. The second-order valence-corrected chi connectivity index (χ2v) is 19.1. The van der Waals surface area contributed by atoms with E-state index in [-0.39, 0.29) is 28.5 Å². The van der Waals surface area contributed by atoms with Crippen LogP contribution in [-0.4, -0.2) is 42.6 Å². The monoisotopic (exact) mass is 494 g/mol. The third-order valence-electron chi connectivity index (χ3n) is 3.91. The molecule has 0 unspecified atom stereocenters. The fourth-order valence-corrected chi connectivity index (χ4v) is 3.14. The van der Waals surface area contributed by atoms with Crippen LogP contribution in [0.3, 0.4) is 0 Å². The van der Waals surface area contributed by atoms with Crippen LogP contribution in [0.15, 0.2) is 24.5 Å². The fraction of sp³-hybridized carbons (Fsp3) is 0.333. The first kappa shape index (κ1) is 28.4. The lowest BCUT2D eigenvalue weighted by atomic mass is 10.2. The van der Waals surface area contributed by atoms with E-state index in [0.717, 1.165) is 0 Å². The zero-order valence-electron chi connectivity index (χ0n) is 20.9. The van der Waals surface area contributed by atoms with Crippen molar-refractivity contribution in [3.63, 3.8) is 0 Å². The molecule has 34 heavy (non-hydrogen) atoms. The predicted molar refractivity (Wildman–Crippen MR) is 140 cm³/mol. The van der Waals surface area contributed by atoms with Crippen LogP contribution >= 0.6 is 0 Å². The van der Waals surface area contributed by atoms with E-state index in [9.17, 15) is 19.7 Å². The summed E-state index contributed by atoms with van der Waals surface area (Å²) in [5.41, 5.74) is 13.7. The Balaban J connectivity index is 0.000000342. The molecule has 10 heteroatoms. The van der Waals surface area contributed by atoms with Crippen LogP contribution in [0.5, 0.6) is 0 Å². The minimum atomic E-state index is -1.62. The number of rotatable bonds is 3. The lowest BCUT2D eigenvalue weighted by Gasteiger charge is -2.04. The molecular weight excluding hydrogens is 464 g/mol. The minimum Gasteiger partial charge on any atom is -0.396 e. The van der Waals surface area contributed by atoms with E-state index in [4.69, 9.17) is 5.73 Å². The molecule has 0 aliphatic rings. The molecule has 2 aromatic heterocycles. The first-order valence-electron chi connectivity index (χ1n) is 10.5. The third-order valence-corrected chi connectivity index (χ3v) is 5.66. The Bertz CT molecular complexity index is 1240. The van der Waals surface area contributed by atoms with Gasteiger partial charge in [-0.05, 0) is 25.8 Å². The Morgan fingerprint density at radius 3 is 1.65 bits per heavy atom. The van der Waals surface area contributed by atoms with Crippen molar-refractivity contribution < 1.29 is 14.5 Å². The number of Topliss-reactive ketones (excluding diaryl/α,β-unsaturated/α-hetero) is 2. The van der Waals surface area contributed by atoms with Crippen molar-refractivity contribution in [3.05, 3.63) is 57.2 Å². The van der Waals surface area contributed by atoms with Crippen molar-refractivity contribution in [3.8, 4) is 22.9 Å². The molecule has 0 saturated heterocycles. The number of carbonyl (C=O) groups excluding carboxylic acids is 2. The van der Waals surface area contributed by atoms with Gasteiger partial charge >= 0.3 is 5.69 Å². The molecule has 0 spiro atoms. The topological polar surface area (TPSA) is 129 Å². The van der Waals surface area contributed by atoms with Gasteiger partial charge in [-0.3, -0.25) is 19.7 Å². The number of nitrogen functional groups attached to an aromatic ring is 1. The van der Waals surface area contributed by atoms with E-state index in [1.165, 1.54) is 32.3 Å². The van der Waals surface area contributed by atoms with Gasteiger partial charge in [0.05, 0.1) is 10.6 Å². The molecule has 0 aromatic carbocycles. The van der Waals surface area contributed by atoms with Crippen molar-refractivity contribution in [2.24, 2.45) is 0 Å². The normalized spacial score (nSPS) is 10.5. The van der Waals surface area contributed by atoms with Gasteiger partial charge in [-0.2, -0.15) is 0 Å². The Kier molecular flexibility index (Phi) is 9.62. The summed E-state index contributed by atoms with van der Waals surface area (Å²) in [6, 6.07) is 2.85. The van der Waals surface area contributed by atoms with Crippen LogP contribution in [0.25, 0.3) is 0 Å². The van der Waals surface area contributed by atoms with Gasteiger partial charge in [-0.15, -0.1) is 11.1 Å². The second kappa shape index (κ2) is 11.5. The molecule has 2 rings (SSSR count). The molecular formula is C24H30N4O4Si2. The van der Waals surface area contributed by atoms with Gasteiger partial charge in [0.15, 0.2) is 17.3 Å². The standard InChI is InChI=1S/C12H14N2O3Si.C12H16N2OSi/c1-9(15)10-7-12(14(16)17)11(13-8-10)5-6-18(2,3)4;1-9(15)10-7-11(13)12(14-8-10)5-6-16(2,3)4/h7-8H,1-4H3;7-8H,13H2,1-4H3. The Hall–Kier alpha value is -3.61. The number of hydrogen-bond acceptors (Lipinski definition) is 7. The van der Waals surface area contributed by atoms with E-state index < -0.39 is 21.1 Å². The first-order chi connectivity index (χ1) is 15.5. The maximum atomic E-state index is 11.2. The average Bonchev–Trinajstić information content (AvgIpc) is 2.70. The van der Waals surface area contributed by atoms with Crippen molar-refractivity contribution in [2.45, 2.75) is 53.1 Å². The van der Waals surface area contributed by atoms with Crippen LogP contribution in [-0.2, 0) is 0 Å². The SMILES string of the molecule is CC(=O)c1cnc(C#C[Si](C)(C)C)c(N)c1.CC(=O)c1cnc(C#C[Si](C)(C)C)c([N+](=O)[O-])c1. The third kappa shape index (κ3) is 9.90. The number of aromatic nitrogens is 2. The Morgan fingerprint density at radius 2 is 1.26 bits per heavy atom. The molecule has 178 valence electrons. The van der Waals surface area contributed by atoms with E-state index in [1.807, 2.05) is 19.6 Å².